The number of nitrogens with one attached hydrogen (secondary N) is 1. The molecule has 1 aromatic carbocycles. The molecular formula is C20H23N5O2S. The van der Waals surface area contributed by atoms with E-state index in [4.69, 9.17) is 4.74 Å². The summed E-state index contributed by atoms with van der Waals surface area (Å²) in [6, 6.07) is 7.47. The molecule has 1 N–H and O–H groups in total. The molecule has 2 aromatic heterocycles. The highest BCUT2D eigenvalue weighted by atomic mass is 32.1. The summed E-state index contributed by atoms with van der Waals surface area (Å²) >= 11 is 1.65. The molecule has 3 aromatic rings. The molecule has 0 fully saturated rings. The molecule has 0 saturated heterocycles. The number of likely N-dealkylation sites (N-methyl/N-ethyl adjacent to an activating group) is 1. The molecule has 0 bridgehead atoms. The molecule has 0 unspecified atom stereocenters. The molecule has 3 rings (SSSR count). The first-order chi connectivity index (χ1) is 13.4. The van der Waals surface area contributed by atoms with E-state index in [0.717, 1.165) is 21.5 Å². The van der Waals surface area contributed by atoms with Crippen LogP contribution in [0.2, 0.25) is 0 Å². The number of hydrogen-bond donors (Lipinski definition) is 1. The van der Waals surface area contributed by atoms with E-state index in [2.05, 4.69) is 34.3 Å². The molecule has 28 heavy (non-hydrogen) atoms. The number of carbonyl (C=O) groups excluding carboxylic acids is 1. The Morgan fingerprint density at radius 2 is 1.93 bits per heavy atom. The third-order valence-corrected chi connectivity index (χ3v) is 5.54. The zero-order chi connectivity index (χ0) is 20.3. The van der Waals surface area contributed by atoms with E-state index in [1.165, 1.54) is 15.3 Å². The maximum atomic E-state index is 11.6. The van der Waals surface area contributed by atoms with Crippen molar-refractivity contribution >= 4 is 39.0 Å². The van der Waals surface area contributed by atoms with E-state index in [1.807, 2.05) is 31.2 Å². The predicted molar refractivity (Wildman–Crippen MR) is 113 cm³/mol. The van der Waals surface area contributed by atoms with Crippen molar-refractivity contribution < 1.29 is 9.53 Å². The molecule has 0 spiro atoms. The Morgan fingerprint density at radius 1 is 1.21 bits per heavy atom. The average Bonchev–Trinajstić information content (AvgIpc) is 2.99. The summed E-state index contributed by atoms with van der Waals surface area (Å²) in [5.41, 5.74) is 6.00. The van der Waals surface area contributed by atoms with Crippen molar-refractivity contribution in [3.8, 4) is 5.75 Å². The van der Waals surface area contributed by atoms with Gasteiger partial charge in [0.1, 0.15) is 16.9 Å². The number of rotatable bonds is 6. The van der Waals surface area contributed by atoms with Crippen molar-refractivity contribution in [2.24, 2.45) is 5.10 Å². The van der Waals surface area contributed by atoms with Crippen molar-refractivity contribution in [1.82, 2.24) is 14.9 Å². The molecule has 0 atom stereocenters. The molecule has 0 aliphatic carbocycles. The topological polar surface area (TPSA) is 79.7 Å². The minimum Gasteiger partial charge on any atom is -0.484 e. The highest BCUT2D eigenvalue weighted by Crippen LogP contribution is 2.32. The van der Waals surface area contributed by atoms with Crippen molar-refractivity contribution in [2.45, 2.75) is 20.8 Å². The largest absolute Gasteiger partial charge is 0.484 e. The molecule has 0 aliphatic heterocycles. The van der Waals surface area contributed by atoms with Crippen LogP contribution < -0.4 is 10.2 Å². The fourth-order valence-corrected chi connectivity index (χ4v) is 3.53. The van der Waals surface area contributed by atoms with Crippen molar-refractivity contribution in [2.75, 3.05) is 26.1 Å². The van der Waals surface area contributed by atoms with E-state index in [0.29, 0.717) is 11.6 Å². The zero-order valence-electron chi connectivity index (χ0n) is 16.6. The van der Waals surface area contributed by atoms with Crippen molar-refractivity contribution in [1.29, 1.82) is 0 Å². The number of fused-ring (bicyclic) bond motifs is 1. The molecule has 0 aliphatic rings. The van der Waals surface area contributed by atoms with Gasteiger partial charge < -0.3 is 9.64 Å². The molecule has 1 amide bonds. The Hall–Kier alpha value is -3.00. The van der Waals surface area contributed by atoms with E-state index >= 15 is 0 Å². The van der Waals surface area contributed by atoms with Crippen LogP contribution in [0.5, 0.6) is 5.75 Å². The van der Waals surface area contributed by atoms with E-state index in [9.17, 15) is 4.79 Å². The van der Waals surface area contributed by atoms with Gasteiger partial charge in [0.25, 0.3) is 5.91 Å². The summed E-state index contributed by atoms with van der Waals surface area (Å²) in [6.07, 6.45) is 1.55. The average molecular weight is 398 g/mol. The van der Waals surface area contributed by atoms with E-state index in [-0.39, 0.29) is 12.5 Å². The lowest BCUT2D eigenvalue weighted by Gasteiger charge is -2.11. The molecule has 146 valence electrons. The Bertz CT molecular complexity index is 1030. The van der Waals surface area contributed by atoms with Gasteiger partial charge in [-0.25, -0.2) is 9.97 Å². The minimum atomic E-state index is -0.0823. The lowest BCUT2D eigenvalue weighted by atomic mass is 10.1. The van der Waals surface area contributed by atoms with E-state index < -0.39 is 0 Å². The first-order valence-corrected chi connectivity index (χ1v) is 9.63. The first kappa shape index (κ1) is 19.8. The maximum Gasteiger partial charge on any atom is 0.259 e. The van der Waals surface area contributed by atoms with Gasteiger partial charge in [-0.05, 0) is 56.2 Å². The van der Waals surface area contributed by atoms with Crippen LogP contribution in [-0.4, -0.2) is 47.2 Å². The maximum absolute atomic E-state index is 11.6. The summed E-state index contributed by atoms with van der Waals surface area (Å²) < 4.78 is 5.49. The SMILES string of the molecule is C/C(=N/Nc1ncnc2sc(C)c(C)c12)c1ccc(OCC(=O)N(C)C)cc1. The molecular weight excluding hydrogens is 374 g/mol. The second-order valence-corrected chi connectivity index (χ2v) is 7.80. The van der Waals surface area contributed by atoms with Crippen LogP contribution >= 0.6 is 11.3 Å². The van der Waals surface area contributed by atoms with Gasteiger partial charge in [0.2, 0.25) is 0 Å². The van der Waals surface area contributed by atoms with Gasteiger partial charge in [-0.2, -0.15) is 5.10 Å². The molecule has 8 heteroatoms. The standard InChI is InChI=1S/C20H23N5O2S/c1-12-14(3)28-20-18(12)19(21-11-22-20)24-23-13(2)15-6-8-16(9-7-15)27-10-17(26)25(4)5/h6-9,11H,10H2,1-5H3,(H,21,22,24)/b23-13-. The third kappa shape index (κ3) is 4.28. The Balaban J connectivity index is 1.71. The van der Waals surface area contributed by atoms with Gasteiger partial charge in [-0.15, -0.1) is 11.3 Å². The number of aryl methyl sites for hydroxylation is 2. The van der Waals surface area contributed by atoms with Gasteiger partial charge in [0.05, 0.1) is 11.1 Å². The quantitative estimate of drug-likeness (QED) is 0.508. The van der Waals surface area contributed by atoms with Crippen LogP contribution in [0.3, 0.4) is 0 Å². The summed E-state index contributed by atoms with van der Waals surface area (Å²) in [5, 5.41) is 5.48. The molecule has 7 nitrogen and oxygen atoms in total. The predicted octanol–water partition coefficient (Wildman–Crippen LogP) is 3.61. The minimum absolute atomic E-state index is 0.0179. The van der Waals surface area contributed by atoms with Gasteiger partial charge in [-0.3, -0.25) is 10.2 Å². The van der Waals surface area contributed by atoms with Gasteiger partial charge >= 0.3 is 0 Å². The van der Waals surface area contributed by atoms with Crippen molar-refractivity contribution in [3.05, 3.63) is 46.6 Å². The molecule has 2 heterocycles. The van der Waals surface area contributed by atoms with Gasteiger partial charge in [0.15, 0.2) is 12.4 Å². The van der Waals surface area contributed by atoms with Gasteiger partial charge in [0, 0.05) is 19.0 Å². The number of hydrogen-bond acceptors (Lipinski definition) is 7. The monoisotopic (exact) mass is 397 g/mol. The number of aromatic nitrogens is 2. The lowest BCUT2D eigenvalue weighted by Crippen LogP contribution is -2.27. The summed E-state index contributed by atoms with van der Waals surface area (Å²) in [6.45, 7) is 6.08. The van der Waals surface area contributed by atoms with E-state index in [1.54, 1.807) is 31.8 Å². The summed E-state index contributed by atoms with van der Waals surface area (Å²) in [4.78, 5) is 23.9. The van der Waals surface area contributed by atoms with Crippen LogP contribution in [-0.2, 0) is 4.79 Å². The number of nitrogens with zero attached hydrogens (tertiary/aromatic N) is 4. The normalized spacial score (nSPS) is 11.5. The van der Waals surface area contributed by atoms with Crippen LogP contribution in [0.4, 0.5) is 5.82 Å². The lowest BCUT2D eigenvalue weighted by molar-refractivity contribution is -0.130. The number of thiophene rings is 1. The van der Waals surface area contributed by atoms with Crippen LogP contribution in [0.1, 0.15) is 22.9 Å². The Labute approximate surface area is 168 Å². The number of hydrazone groups is 1. The third-order valence-electron chi connectivity index (χ3n) is 4.43. The fraction of sp³-hybridized carbons (Fsp3) is 0.300. The fourth-order valence-electron chi connectivity index (χ4n) is 2.54. The number of benzene rings is 1. The highest BCUT2D eigenvalue weighted by Gasteiger charge is 2.11. The van der Waals surface area contributed by atoms with Crippen LogP contribution in [0.25, 0.3) is 10.2 Å². The molecule has 0 saturated carbocycles. The second kappa shape index (κ2) is 8.35. The smallest absolute Gasteiger partial charge is 0.259 e. The van der Waals surface area contributed by atoms with Crippen molar-refractivity contribution in [3.63, 3.8) is 0 Å². The number of anilines is 1. The summed E-state index contributed by atoms with van der Waals surface area (Å²) in [7, 11) is 3.40. The molecule has 0 radical (unpaired) electrons. The zero-order valence-corrected chi connectivity index (χ0v) is 17.4. The summed E-state index contributed by atoms with van der Waals surface area (Å²) in [5.74, 6) is 1.26. The van der Waals surface area contributed by atoms with Crippen LogP contribution in [0, 0.1) is 13.8 Å². The number of ether oxygens (including phenoxy) is 1. The number of carbonyl (C=O) groups is 1. The Kier molecular flexibility index (Phi) is 5.89. The Morgan fingerprint density at radius 3 is 2.61 bits per heavy atom. The highest BCUT2D eigenvalue weighted by molar-refractivity contribution is 7.18. The first-order valence-electron chi connectivity index (χ1n) is 8.81. The second-order valence-electron chi connectivity index (χ2n) is 6.60. The van der Waals surface area contributed by atoms with Crippen LogP contribution in [0.15, 0.2) is 35.7 Å². The number of amides is 1. The van der Waals surface area contributed by atoms with Gasteiger partial charge in [-0.1, -0.05) is 0 Å².